The first-order valence-electron chi connectivity index (χ1n) is 7.90. The van der Waals surface area contributed by atoms with Crippen molar-refractivity contribution in [3.8, 4) is 0 Å². The van der Waals surface area contributed by atoms with Crippen molar-refractivity contribution in [1.82, 2.24) is 0 Å². The van der Waals surface area contributed by atoms with Crippen molar-refractivity contribution in [3.05, 3.63) is 23.8 Å². The van der Waals surface area contributed by atoms with E-state index in [-0.39, 0.29) is 5.56 Å². The molecule has 0 saturated heterocycles. The molecular weight excluding hydrogens is 264 g/mol. The molecule has 118 valence electrons. The number of aromatic carboxylic acids is 1. The Morgan fingerprint density at radius 1 is 1.14 bits per heavy atom. The van der Waals surface area contributed by atoms with Gasteiger partial charge < -0.3 is 15.7 Å². The summed E-state index contributed by atoms with van der Waals surface area (Å²) in [6, 6.07) is 5.07. The minimum Gasteiger partial charge on any atom is -0.478 e. The minimum absolute atomic E-state index is 0.278. The first-order chi connectivity index (χ1) is 10.1. The molecular formula is C17H28N2O2. The number of unbranched alkanes of at least 4 members (excludes halogenated alkanes) is 6. The zero-order valence-corrected chi connectivity index (χ0v) is 13.3. The molecule has 3 N–H and O–H groups in total. The number of rotatable bonds is 10. The van der Waals surface area contributed by atoms with Crippen LogP contribution < -0.4 is 10.6 Å². The van der Waals surface area contributed by atoms with E-state index in [4.69, 9.17) is 5.73 Å². The molecule has 0 radical (unpaired) electrons. The summed E-state index contributed by atoms with van der Waals surface area (Å²) in [4.78, 5) is 13.3. The van der Waals surface area contributed by atoms with E-state index < -0.39 is 5.97 Å². The zero-order chi connectivity index (χ0) is 15.7. The normalized spacial score (nSPS) is 10.6. The largest absolute Gasteiger partial charge is 0.478 e. The molecule has 4 heteroatoms. The van der Waals surface area contributed by atoms with Crippen LogP contribution in [-0.4, -0.2) is 24.7 Å². The predicted molar refractivity (Wildman–Crippen MR) is 89.1 cm³/mol. The van der Waals surface area contributed by atoms with Gasteiger partial charge in [-0.1, -0.05) is 45.4 Å². The second-order valence-corrected chi connectivity index (χ2v) is 5.62. The molecule has 0 saturated carbocycles. The number of benzene rings is 1. The van der Waals surface area contributed by atoms with Crippen molar-refractivity contribution >= 4 is 17.3 Å². The molecule has 1 aromatic carbocycles. The van der Waals surface area contributed by atoms with Gasteiger partial charge in [-0.05, 0) is 24.6 Å². The number of carboxylic acids is 1. The van der Waals surface area contributed by atoms with Gasteiger partial charge in [0.15, 0.2) is 0 Å². The van der Waals surface area contributed by atoms with Gasteiger partial charge in [-0.15, -0.1) is 0 Å². The monoisotopic (exact) mass is 292 g/mol. The Hall–Kier alpha value is -1.71. The summed E-state index contributed by atoms with van der Waals surface area (Å²) in [6.07, 6.45) is 8.79. The van der Waals surface area contributed by atoms with E-state index in [9.17, 15) is 9.90 Å². The van der Waals surface area contributed by atoms with E-state index in [1.165, 1.54) is 44.6 Å². The number of nitrogens with two attached hydrogens (primary N) is 1. The van der Waals surface area contributed by atoms with Crippen molar-refractivity contribution in [1.29, 1.82) is 0 Å². The molecule has 0 heterocycles. The van der Waals surface area contributed by atoms with Gasteiger partial charge in [-0.25, -0.2) is 4.79 Å². The van der Waals surface area contributed by atoms with Crippen LogP contribution in [-0.2, 0) is 0 Å². The number of nitrogen functional groups attached to an aromatic ring is 1. The Morgan fingerprint density at radius 3 is 2.38 bits per heavy atom. The number of carbonyl (C=O) groups is 1. The van der Waals surface area contributed by atoms with Gasteiger partial charge in [0.2, 0.25) is 0 Å². The van der Waals surface area contributed by atoms with Gasteiger partial charge >= 0.3 is 5.97 Å². The molecule has 0 atom stereocenters. The fourth-order valence-corrected chi connectivity index (χ4v) is 2.48. The fourth-order valence-electron chi connectivity index (χ4n) is 2.48. The molecule has 0 aliphatic rings. The van der Waals surface area contributed by atoms with Crippen LogP contribution in [0, 0.1) is 0 Å². The van der Waals surface area contributed by atoms with Crippen molar-refractivity contribution in [2.75, 3.05) is 24.2 Å². The SMILES string of the molecule is CCCCCCCCCN(C)c1ccc(N)cc1C(=O)O. The van der Waals surface area contributed by atoms with Crippen LogP contribution in [0.15, 0.2) is 18.2 Å². The van der Waals surface area contributed by atoms with Crippen LogP contribution in [0.25, 0.3) is 0 Å². The third-order valence-corrected chi connectivity index (χ3v) is 3.76. The summed E-state index contributed by atoms with van der Waals surface area (Å²) in [5, 5.41) is 9.25. The van der Waals surface area contributed by atoms with Gasteiger partial charge in [0.1, 0.15) is 0 Å². The Morgan fingerprint density at radius 2 is 1.76 bits per heavy atom. The molecule has 1 rings (SSSR count). The lowest BCUT2D eigenvalue weighted by Crippen LogP contribution is -2.21. The van der Waals surface area contributed by atoms with Gasteiger partial charge in [-0.2, -0.15) is 0 Å². The highest BCUT2D eigenvalue weighted by Gasteiger charge is 2.13. The first kappa shape index (κ1) is 17.3. The van der Waals surface area contributed by atoms with E-state index in [2.05, 4.69) is 6.92 Å². The number of carboxylic acid groups (broad SMARTS) is 1. The molecule has 0 aliphatic carbocycles. The third kappa shape index (κ3) is 6.06. The quantitative estimate of drug-likeness (QED) is 0.502. The third-order valence-electron chi connectivity index (χ3n) is 3.76. The average molecular weight is 292 g/mol. The zero-order valence-electron chi connectivity index (χ0n) is 13.3. The molecule has 21 heavy (non-hydrogen) atoms. The molecule has 0 spiro atoms. The van der Waals surface area contributed by atoms with Crippen LogP contribution in [0.3, 0.4) is 0 Å². The summed E-state index contributed by atoms with van der Waals surface area (Å²) in [5.41, 5.74) is 7.17. The Balaban J connectivity index is 2.42. The van der Waals surface area contributed by atoms with Crippen LogP contribution in [0.2, 0.25) is 0 Å². The van der Waals surface area contributed by atoms with Gasteiger partial charge in [0.25, 0.3) is 0 Å². The molecule has 1 aromatic rings. The van der Waals surface area contributed by atoms with Crippen LogP contribution in [0.1, 0.15) is 62.2 Å². The number of hydrogen-bond donors (Lipinski definition) is 2. The lowest BCUT2D eigenvalue weighted by molar-refractivity contribution is 0.0697. The lowest BCUT2D eigenvalue weighted by atomic mass is 10.1. The summed E-state index contributed by atoms with van der Waals surface area (Å²) in [5.74, 6) is -0.927. The summed E-state index contributed by atoms with van der Waals surface area (Å²) >= 11 is 0. The Labute approximate surface area is 128 Å². The maximum absolute atomic E-state index is 11.3. The van der Waals surface area contributed by atoms with Gasteiger partial charge in [-0.3, -0.25) is 0 Å². The van der Waals surface area contributed by atoms with E-state index in [0.29, 0.717) is 5.69 Å². The lowest BCUT2D eigenvalue weighted by Gasteiger charge is -2.21. The second kappa shape index (κ2) is 9.27. The molecule has 4 nitrogen and oxygen atoms in total. The summed E-state index contributed by atoms with van der Waals surface area (Å²) in [7, 11) is 1.94. The van der Waals surface area contributed by atoms with Crippen LogP contribution in [0.5, 0.6) is 0 Å². The van der Waals surface area contributed by atoms with E-state index in [1.807, 2.05) is 11.9 Å². The molecule has 0 unspecified atom stereocenters. The Kier molecular flexibility index (Phi) is 7.65. The number of nitrogens with zero attached hydrogens (tertiary/aromatic N) is 1. The van der Waals surface area contributed by atoms with Gasteiger partial charge in [0.05, 0.1) is 11.3 Å². The van der Waals surface area contributed by atoms with Gasteiger partial charge in [0, 0.05) is 19.3 Å². The van der Waals surface area contributed by atoms with Crippen molar-refractivity contribution in [2.45, 2.75) is 51.9 Å². The Bertz CT molecular complexity index is 446. The van der Waals surface area contributed by atoms with Crippen LogP contribution >= 0.6 is 0 Å². The van der Waals surface area contributed by atoms with E-state index in [1.54, 1.807) is 12.1 Å². The van der Waals surface area contributed by atoms with Crippen molar-refractivity contribution < 1.29 is 9.90 Å². The smallest absolute Gasteiger partial charge is 0.337 e. The average Bonchev–Trinajstić information content (AvgIpc) is 2.46. The maximum atomic E-state index is 11.3. The molecule has 0 aliphatic heterocycles. The highest BCUT2D eigenvalue weighted by molar-refractivity contribution is 5.95. The molecule has 0 bridgehead atoms. The van der Waals surface area contributed by atoms with E-state index >= 15 is 0 Å². The van der Waals surface area contributed by atoms with Crippen LogP contribution in [0.4, 0.5) is 11.4 Å². The fraction of sp³-hybridized carbons (Fsp3) is 0.588. The topological polar surface area (TPSA) is 66.6 Å². The predicted octanol–water partition coefficient (Wildman–Crippen LogP) is 4.15. The summed E-state index contributed by atoms with van der Waals surface area (Å²) in [6.45, 7) is 3.10. The molecule has 0 amide bonds. The minimum atomic E-state index is -0.927. The van der Waals surface area contributed by atoms with Crippen molar-refractivity contribution in [3.63, 3.8) is 0 Å². The van der Waals surface area contributed by atoms with E-state index in [0.717, 1.165) is 18.7 Å². The molecule has 0 aromatic heterocycles. The highest BCUT2D eigenvalue weighted by Crippen LogP contribution is 2.22. The molecule has 0 fully saturated rings. The summed E-state index contributed by atoms with van der Waals surface area (Å²) < 4.78 is 0. The number of anilines is 2. The standard InChI is InChI=1S/C17H28N2O2/c1-3-4-5-6-7-8-9-12-19(2)16-11-10-14(18)13-15(16)17(20)21/h10-11,13H,3-9,12,18H2,1-2H3,(H,20,21). The number of hydrogen-bond acceptors (Lipinski definition) is 3. The second-order valence-electron chi connectivity index (χ2n) is 5.62. The van der Waals surface area contributed by atoms with Crippen molar-refractivity contribution in [2.24, 2.45) is 0 Å². The maximum Gasteiger partial charge on any atom is 0.337 e. The first-order valence-corrected chi connectivity index (χ1v) is 7.90. The highest BCUT2D eigenvalue weighted by atomic mass is 16.4.